The molecule has 0 bridgehead atoms. The Bertz CT molecular complexity index is 1000. The molecule has 1 heterocycles. The van der Waals surface area contributed by atoms with Gasteiger partial charge in [0, 0.05) is 11.1 Å². The monoisotopic (exact) mass is 402 g/mol. The third-order valence-corrected chi connectivity index (χ3v) is 3.98. The molecule has 1 N–H and O–H groups in total. The first kappa shape index (κ1) is 19.2. The van der Waals surface area contributed by atoms with Gasteiger partial charge in [-0.1, -0.05) is 11.6 Å². The second-order valence-corrected chi connectivity index (χ2v) is 6.04. The molecule has 2 aromatic carbocycles. The van der Waals surface area contributed by atoms with Gasteiger partial charge in [-0.25, -0.2) is 0 Å². The van der Waals surface area contributed by atoms with Crippen molar-refractivity contribution in [1.29, 1.82) is 0 Å². The summed E-state index contributed by atoms with van der Waals surface area (Å²) in [5.41, 5.74) is 0.142. The second-order valence-electron chi connectivity index (χ2n) is 5.60. The van der Waals surface area contributed by atoms with Crippen molar-refractivity contribution in [1.82, 2.24) is 0 Å². The molecule has 3 rings (SSSR count). The summed E-state index contributed by atoms with van der Waals surface area (Å²) in [6.07, 6.45) is 0. The highest BCUT2D eigenvalue weighted by Gasteiger charge is 2.16. The number of hydrogen-bond donors (Lipinski definition) is 1. The summed E-state index contributed by atoms with van der Waals surface area (Å²) in [6.45, 7) is 0.135. The molecule has 1 aromatic heterocycles. The van der Waals surface area contributed by atoms with E-state index in [4.69, 9.17) is 25.5 Å². The number of ether oxygens (including phenoxy) is 2. The fourth-order valence-electron chi connectivity index (χ4n) is 2.34. The summed E-state index contributed by atoms with van der Waals surface area (Å²) in [5.74, 6) is 0.776. The highest BCUT2D eigenvalue weighted by Crippen LogP contribution is 2.29. The quantitative estimate of drug-likeness (QED) is 0.454. The number of carbonyl (C=O) groups is 1. The molecular formula is C19H15ClN2O6. The van der Waals surface area contributed by atoms with Crippen LogP contribution in [0.3, 0.4) is 0 Å². The number of nitro benzene ring substituents is 1. The lowest BCUT2D eigenvalue weighted by Crippen LogP contribution is -2.12. The van der Waals surface area contributed by atoms with E-state index in [0.29, 0.717) is 16.5 Å². The molecule has 0 saturated heterocycles. The first-order valence-corrected chi connectivity index (χ1v) is 8.45. The third kappa shape index (κ3) is 4.60. The van der Waals surface area contributed by atoms with Gasteiger partial charge >= 0.3 is 0 Å². The molecule has 0 aliphatic carbocycles. The minimum atomic E-state index is -0.548. The van der Waals surface area contributed by atoms with E-state index < -0.39 is 10.8 Å². The zero-order chi connectivity index (χ0) is 20.1. The Labute approximate surface area is 164 Å². The van der Waals surface area contributed by atoms with Gasteiger partial charge in [-0.3, -0.25) is 14.9 Å². The van der Waals surface area contributed by atoms with Crippen molar-refractivity contribution in [2.45, 2.75) is 6.61 Å². The number of hydrogen-bond acceptors (Lipinski definition) is 6. The summed E-state index contributed by atoms with van der Waals surface area (Å²) < 4.78 is 16.1. The minimum absolute atomic E-state index is 0.0649. The second kappa shape index (κ2) is 8.45. The van der Waals surface area contributed by atoms with Crippen molar-refractivity contribution in [3.8, 4) is 11.5 Å². The van der Waals surface area contributed by atoms with E-state index in [9.17, 15) is 14.9 Å². The van der Waals surface area contributed by atoms with Crippen LogP contribution in [0.1, 0.15) is 16.3 Å². The molecule has 0 fully saturated rings. The fraction of sp³-hybridized carbons (Fsp3) is 0.105. The van der Waals surface area contributed by atoms with E-state index in [1.165, 1.54) is 31.4 Å². The van der Waals surface area contributed by atoms with E-state index in [1.54, 1.807) is 30.3 Å². The maximum atomic E-state index is 12.4. The average Bonchev–Trinajstić information content (AvgIpc) is 3.17. The van der Waals surface area contributed by atoms with Crippen molar-refractivity contribution in [2.75, 3.05) is 12.4 Å². The van der Waals surface area contributed by atoms with Crippen LogP contribution in [0.4, 0.5) is 11.4 Å². The van der Waals surface area contributed by atoms with Crippen molar-refractivity contribution < 1.29 is 23.6 Å². The maximum absolute atomic E-state index is 12.4. The number of anilines is 1. The molecule has 9 heteroatoms. The number of methoxy groups -OCH3 is 1. The van der Waals surface area contributed by atoms with Gasteiger partial charge in [-0.2, -0.15) is 0 Å². The Kier molecular flexibility index (Phi) is 5.81. The molecular weight excluding hydrogens is 388 g/mol. The number of nitrogens with one attached hydrogen (secondary N) is 1. The summed E-state index contributed by atoms with van der Waals surface area (Å²) in [6, 6.07) is 13.9. The Morgan fingerprint density at radius 1 is 1.18 bits per heavy atom. The smallest absolute Gasteiger partial charge is 0.291 e. The number of benzene rings is 2. The van der Waals surface area contributed by atoms with E-state index >= 15 is 0 Å². The number of non-ortho nitro benzene ring substituents is 1. The third-order valence-electron chi connectivity index (χ3n) is 3.72. The van der Waals surface area contributed by atoms with Gasteiger partial charge in [0.25, 0.3) is 11.6 Å². The van der Waals surface area contributed by atoms with E-state index in [0.717, 1.165) is 0 Å². The molecule has 0 aliphatic rings. The van der Waals surface area contributed by atoms with Crippen molar-refractivity contribution >= 4 is 28.9 Å². The maximum Gasteiger partial charge on any atom is 0.291 e. The number of nitrogens with zero attached hydrogens (tertiary/aromatic N) is 1. The Balaban J connectivity index is 1.65. The lowest BCUT2D eigenvalue weighted by molar-refractivity contribution is -0.384. The number of nitro groups is 1. The van der Waals surface area contributed by atoms with Crippen molar-refractivity contribution in [2.24, 2.45) is 0 Å². The molecule has 8 nitrogen and oxygen atoms in total. The number of rotatable bonds is 7. The highest BCUT2D eigenvalue weighted by molar-refractivity contribution is 6.30. The standard InChI is InChI=1S/C19H15ClN2O6/c1-26-18-10-13(22(24)25)4-8-16(18)21-19(23)17-9-7-15(28-17)11-27-14-5-2-12(20)3-6-14/h2-10H,11H2,1H3,(H,21,23). The molecule has 28 heavy (non-hydrogen) atoms. The van der Waals surface area contributed by atoms with Gasteiger partial charge < -0.3 is 19.2 Å². The van der Waals surface area contributed by atoms with Crippen LogP contribution in [0.2, 0.25) is 5.02 Å². The van der Waals surface area contributed by atoms with Gasteiger partial charge in [-0.15, -0.1) is 0 Å². The van der Waals surface area contributed by atoms with Gasteiger partial charge in [-0.05, 0) is 42.5 Å². The number of halogens is 1. The zero-order valence-corrected chi connectivity index (χ0v) is 15.4. The molecule has 0 radical (unpaired) electrons. The van der Waals surface area contributed by atoms with Crippen LogP contribution in [0.5, 0.6) is 11.5 Å². The predicted molar refractivity (Wildman–Crippen MR) is 102 cm³/mol. The summed E-state index contributed by atoms with van der Waals surface area (Å²) >= 11 is 5.82. The molecule has 0 saturated carbocycles. The highest BCUT2D eigenvalue weighted by atomic mass is 35.5. The molecule has 0 spiro atoms. The van der Waals surface area contributed by atoms with Gasteiger partial charge in [0.15, 0.2) is 5.76 Å². The van der Waals surface area contributed by atoms with Crippen LogP contribution in [-0.2, 0) is 6.61 Å². The normalized spacial score (nSPS) is 10.4. The molecule has 0 aliphatic heterocycles. The molecule has 0 atom stereocenters. The average molecular weight is 403 g/mol. The summed E-state index contributed by atoms with van der Waals surface area (Å²) in [7, 11) is 1.35. The minimum Gasteiger partial charge on any atom is -0.494 e. The van der Waals surface area contributed by atoms with Gasteiger partial charge in [0.05, 0.1) is 23.8 Å². The molecule has 0 unspecified atom stereocenters. The summed E-state index contributed by atoms with van der Waals surface area (Å²) in [5, 5.41) is 14.0. The predicted octanol–water partition coefficient (Wildman–Crippen LogP) is 4.68. The van der Waals surface area contributed by atoms with Crippen molar-refractivity contribution in [3.05, 3.63) is 81.3 Å². The van der Waals surface area contributed by atoms with Crippen LogP contribution < -0.4 is 14.8 Å². The molecule has 144 valence electrons. The Hall–Kier alpha value is -3.52. The van der Waals surface area contributed by atoms with E-state index in [2.05, 4.69) is 5.32 Å². The first-order chi connectivity index (χ1) is 13.5. The number of amides is 1. The van der Waals surface area contributed by atoms with E-state index in [1.807, 2.05) is 0 Å². The van der Waals surface area contributed by atoms with E-state index in [-0.39, 0.29) is 29.5 Å². The molecule has 1 amide bonds. The lowest BCUT2D eigenvalue weighted by atomic mass is 10.2. The van der Waals surface area contributed by atoms with Crippen LogP contribution in [0, 0.1) is 10.1 Å². The largest absolute Gasteiger partial charge is 0.494 e. The number of furan rings is 1. The first-order valence-electron chi connectivity index (χ1n) is 8.07. The zero-order valence-electron chi connectivity index (χ0n) is 14.7. The summed E-state index contributed by atoms with van der Waals surface area (Å²) in [4.78, 5) is 22.7. The topological polar surface area (TPSA) is 104 Å². The molecule has 3 aromatic rings. The lowest BCUT2D eigenvalue weighted by Gasteiger charge is -2.09. The van der Waals surface area contributed by atoms with Crippen LogP contribution in [-0.4, -0.2) is 17.9 Å². The van der Waals surface area contributed by atoms with Gasteiger partial charge in [0.2, 0.25) is 0 Å². The Morgan fingerprint density at radius 3 is 2.61 bits per heavy atom. The van der Waals surface area contributed by atoms with Crippen LogP contribution in [0.15, 0.2) is 59.0 Å². The van der Waals surface area contributed by atoms with Gasteiger partial charge in [0.1, 0.15) is 23.9 Å². The SMILES string of the molecule is COc1cc([N+](=O)[O-])ccc1NC(=O)c1ccc(COc2ccc(Cl)cc2)o1. The Morgan fingerprint density at radius 2 is 1.93 bits per heavy atom. The fourth-order valence-corrected chi connectivity index (χ4v) is 2.47. The van der Waals surface area contributed by atoms with Crippen LogP contribution in [0.25, 0.3) is 0 Å². The number of carbonyl (C=O) groups excluding carboxylic acids is 1. The van der Waals surface area contributed by atoms with Crippen molar-refractivity contribution in [3.63, 3.8) is 0 Å². The van der Waals surface area contributed by atoms with Crippen LogP contribution >= 0.6 is 11.6 Å².